The lowest BCUT2D eigenvalue weighted by Gasteiger charge is -2.24. The third-order valence-corrected chi connectivity index (χ3v) is 6.53. The fraction of sp³-hybridized carbons (Fsp3) is 0.667. The highest BCUT2D eigenvalue weighted by molar-refractivity contribution is 7.90. The van der Waals surface area contributed by atoms with Gasteiger partial charge in [-0.1, -0.05) is 51.5 Å². The van der Waals surface area contributed by atoms with Crippen molar-refractivity contribution in [3.8, 4) is 0 Å². The molecule has 2 atom stereocenters. The molecule has 0 heterocycles. The minimum atomic E-state index is -3.20. The predicted octanol–water partition coefficient (Wildman–Crippen LogP) is 3.95. The Balaban J connectivity index is 2.17. The minimum absolute atomic E-state index is 0.0351. The van der Waals surface area contributed by atoms with Crippen molar-refractivity contribution < 1.29 is 8.42 Å². The van der Waals surface area contributed by atoms with E-state index < -0.39 is 10.0 Å². The summed E-state index contributed by atoms with van der Waals surface area (Å²) in [4.78, 5) is 0. The molecule has 0 aromatic heterocycles. The highest BCUT2D eigenvalue weighted by Crippen LogP contribution is 2.36. The van der Waals surface area contributed by atoms with Crippen LogP contribution in [0.5, 0.6) is 0 Å². The van der Waals surface area contributed by atoms with Crippen LogP contribution in [0.1, 0.15) is 70.9 Å². The van der Waals surface area contributed by atoms with Gasteiger partial charge in [0.25, 0.3) is 0 Å². The van der Waals surface area contributed by atoms with Crippen LogP contribution in [0.25, 0.3) is 0 Å². The van der Waals surface area contributed by atoms with Crippen LogP contribution < -0.4 is 4.72 Å². The third-order valence-electron chi connectivity index (χ3n) is 4.66. The molecule has 0 saturated heterocycles. The first kappa shape index (κ1) is 17.5. The van der Waals surface area contributed by atoms with Crippen LogP contribution in [0, 0.1) is 0 Å². The second-order valence-electron chi connectivity index (χ2n) is 7.73. The van der Waals surface area contributed by atoms with Gasteiger partial charge in [0, 0.05) is 12.0 Å². The average Bonchev–Trinajstić information content (AvgIpc) is 2.85. The molecule has 0 radical (unpaired) electrons. The summed E-state index contributed by atoms with van der Waals surface area (Å²) in [5.41, 5.74) is 2.71. The Morgan fingerprint density at radius 3 is 2.18 bits per heavy atom. The molecule has 1 aliphatic rings. The van der Waals surface area contributed by atoms with Gasteiger partial charge in [0.05, 0.1) is 5.25 Å². The molecule has 1 fully saturated rings. The average molecular weight is 324 g/mol. The van der Waals surface area contributed by atoms with Crippen LogP contribution in [-0.2, 0) is 15.4 Å². The molecule has 1 aromatic carbocycles. The van der Waals surface area contributed by atoms with E-state index in [1.807, 2.05) is 0 Å². The Bertz CT molecular complexity index is 597. The van der Waals surface area contributed by atoms with Crippen molar-refractivity contribution in [3.63, 3.8) is 0 Å². The fourth-order valence-electron chi connectivity index (χ4n) is 3.08. The third kappa shape index (κ3) is 3.90. The van der Waals surface area contributed by atoms with Crippen molar-refractivity contribution in [1.29, 1.82) is 0 Å². The fourth-order valence-corrected chi connectivity index (χ4v) is 4.05. The number of hydrogen-bond acceptors (Lipinski definition) is 2. The zero-order valence-electron chi connectivity index (χ0n) is 14.4. The normalized spacial score (nSPS) is 23.2. The van der Waals surface area contributed by atoms with Crippen LogP contribution in [0.3, 0.4) is 0 Å². The Kier molecular flexibility index (Phi) is 5.03. The van der Waals surface area contributed by atoms with E-state index in [4.69, 9.17) is 0 Å². The second kappa shape index (κ2) is 6.32. The lowest BCUT2D eigenvalue weighted by atomic mass is 9.85. The van der Waals surface area contributed by atoms with Gasteiger partial charge in [0.2, 0.25) is 10.0 Å². The first-order valence-electron chi connectivity index (χ1n) is 8.23. The van der Waals surface area contributed by atoms with Gasteiger partial charge < -0.3 is 0 Å². The zero-order valence-corrected chi connectivity index (χ0v) is 15.2. The summed E-state index contributed by atoms with van der Waals surface area (Å²) in [7, 11) is -3.20. The predicted molar refractivity (Wildman–Crippen MR) is 92.7 cm³/mol. The van der Waals surface area contributed by atoms with E-state index in [0.717, 1.165) is 19.3 Å². The maximum atomic E-state index is 12.1. The topological polar surface area (TPSA) is 46.2 Å². The number of benzene rings is 1. The molecule has 1 saturated carbocycles. The Hall–Kier alpha value is -0.870. The molecule has 1 N–H and O–H groups in total. The smallest absolute Gasteiger partial charge is 0.212 e. The molecule has 1 aliphatic carbocycles. The molecule has 0 amide bonds. The monoisotopic (exact) mass is 323 g/mol. The molecule has 1 aromatic rings. The van der Waals surface area contributed by atoms with Gasteiger partial charge in [0.1, 0.15) is 0 Å². The number of sulfonamides is 1. The molecule has 124 valence electrons. The van der Waals surface area contributed by atoms with Crippen molar-refractivity contribution in [3.05, 3.63) is 35.4 Å². The quantitative estimate of drug-likeness (QED) is 0.912. The number of nitrogens with one attached hydrogen (secondary N) is 1. The van der Waals surface area contributed by atoms with E-state index in [2.05, 4.69) is 49.8 Å². The van der Waals surface area contributed by atoms with Gasteiger partial charge in [-0.3, -0.25) is 0 Å². The summed E-state index contributed by atoms with van der Waals surface area (Å²) in [6.07, 6.45) is 3.06. The van der Waals surface area contributed by atoms with Crippen LogP contribution in [0.15, 0.2) is 24.3 Å². The molecule has 3 nitrogen and oxygen atoms in total. The van der Waals surface area contributed by atoms with E-state index in [-0.39, 0.29) is 16.7 Å². The van der Waals surface area contributed by atoms with Crippen molar-refractivity contribution in [2.75, 3.05) is 0 Å². The summed E-state index contributed by atoms with van der Waals surface area (Å²) in [5.74, 6) is 0.294. The SMILES string of the molecule is CC(C)S(=O)(=O)N[C@@H]1CCC[C@@H]1c1ccc(C(C)(C)C)cc1. The van der Waals surface area contributed by atoms with Gasteiger partial charge in [-0.25, -0.2) is 13.1 Å². The standard InChI is InChI=1S/C18H29NO2S/c1-13(2)22(20,21)19-17-8-6-7-16(17)14-9-11-15(12-10-14)18(3,4)5/h9-13,16-17,19H,6-8H2,1-5H3/t16-,17-/m1/s1. The number of hydrogen-bond donors (Lipinski definition) is 1. The van der Waals surface area contributed by atoms with Crippen molar-refractivity contribution >= 4 is 10.0 Å². The lowest BCUT2D eigenvalue weighted by molar-refractivity contribution is 0.519. The Labute approximate surface area is 135 Å². The summed E-state index contributed by atoms with van der Waals surface area (Å²) in [6.45, 7) is 10.1. The largest absolute Gasteiger partial charge is 0.214 e. The van der Waals surface area contributed by atoms with Crippen molar-refractivity contribution in [2.24, 2.45) is 0 Å². The van der Waals surface area contributed by atoms with Gasteiger partial charge in [-0.05, 0) is 43.2 Å². The van der Waals surface area contributed by atoms with E-state index >= 15 is 0 Å². The van der Waals surface area contributed by atoms with Crippen LogP contribution in [0.4, 0.5) is 0 Å². The maximum Gasteiger partial charge on any atom is 0.214 e. The Morgan fingerprint density at radius 1 is 1.09 bits per heavy atom. The lowest BCUT2D eigenvalue weighted by Crippen LogP contribution is -2.40. The second-order valence-corrected chi connectivity index (χ2v) is 10.00. The number of rotatable bonds is 4. The summed E-state index contributed by atoms with van der Waals surface area (Å²) in [5, 5.41) is -0.378. The molecule has 0 bridgehead atoms. The molecule has 0 aliphatic heterocycles. The van der Waals surface area contributed by atoms with Gasteiger partial charge in [-0.2, -0.15) is 0 Å². The van der Waals surface area contributed by atoms with Crippen LogP contribution in [0.2, 0.25) is 0 Å². The van der Waals surface area contributed by atoms with E-state index in [1.165, 1.54) is 11.1 Å². The molecular formula is C18H29NO2S. The van der Waals surface area contributed by atoms with E-state index in [9.17, 15) is 8.42 Å². The maximum absolute atomic E-state index is 12.1. The summed E-state index contributed by atoms with van der Waals surface area (Å²) in [6, 6.07) is 8.75. The highest BCUT2D eigenvalue weighted by atomic mass is 32.2. The Morgan fingerprint density at radius 2 is 1.68 bits per heavy atom. The van der Waals surface area contributed by atoms with Crippen molar-refractivity contribution in [1.82, 2.24) is 4.72 Å². The molecule has 0 unspecified atom stereocenters. The highest BCUT2D eigenvalue weighted by Gasteiger charge is 2.32. The minimum Gasteiger partial charge on any atom is -0.212 e. The van der Waals surface area contributed by atoms with Crippen LogP contribution >= 0.6 is 0 Å². The summed E-state index contributed by atoms with van der Waals surface area (Å²) < 4.78 is 27.2. The van der Waals surface area contributed by atoms with Crippen molar-refractivity contribution in [2.45, 2.75) is 76.5 Å². The van der Waals surface area contributed by atoms with E-state index in [0.29, 0.717) is 5.92 Å². The molecule has 22 heavy (non-hydrogen) atoms. The van der Waals surface area contributed by atoms with Gasteiger partial charge >= 0.3 is 0 Å². The zero-order chi connectivity index (χ0) is 16.5. The molecule has 4 heteroatoms. The molecule has 0 spiro atoms. The molecular weight excluding hydrogens is 294 g/mol. The first-order chi connectivity index (χ1) is 10.1. The van der Waals surface area contributed by atoms with Crippen LogP contribution in [-0.4, -0.2) is 19.7 Å². The van der Waals surface area contributed by atoms with E-state index in [1.54, 1.807) is 13.8 Å². The van der Waals surface area contributed by atoms with Gasteiger partial charge in [-0.15, -0.1) is 0 Å². The first-order valence-corrected chi connectivity index (χ1v) is 9.77. The molecule has 2 rings (SSSR count). The summed E-state index contributed by atoms with van der Waals surface area (Å²) >= 11 is 0. The van der Waals surface area contributed by atoms with Gasteiger partial charge in [0.15, 0.2) is 0 Å².